The van der Waals surface area contributed by atoms with Crippen molar-refractivity contribution in [1.29, 1.82) is 0 Å². The van der Waals surface area contributed by atoms with Crippen molar-refractivity contribution in [1.82, 2.24) is 0 Å². The fourth-order valence-electron chi connectivity index (χ4n) is 7.80. The first-order valence-corrected chi connectivity index (χ1v) is 15.6. The van der Waals surface area contributed by atoms with Gasteiger partial charge in [0.25, 0.3) is 0 Å². The maximum absolute atomic E-state index is 2.44. The standard InChI is InChI=1S/C44H27N/c1-2-15-33(16-3-1)45(40-21-9-11-28-10-4-5-17-35(28)40)34-26-32-25-24-31-13-7-19-37-36-18-6-12-29-22-23-30-14-8-20-38(43(30)41(29)36)39(27-34)44(32)42(31)37/h1-27H. The van der Waals surface area contributed by atoms with Crippen LogP contribution in [0.2, 0.25) is 0 Å². The first-order valence-electron chi connectivity index (χ1n) is 15.6. The lowest BCUT2D eigenvalue weighted by atomic mass is 9.87. The monoisotopic (exact) mass is 569 g/mol. The van der Waals surface area contributed by atoms with Crippen molar-refractivity contribution in [2.24, 2.45) is 0 Å². The molecule has 208 valence electrons. The van der Waals surface area contributed by atoms with Gasteiger partial charge in [-0.2, -0.15) is 0 Å². The van der Waals surface area contributed by atoms with Crippen molar-refractivity contribution in [3.63, 3.8) is 0 Å². The van der Waals surface area contributed by atoms with E-state index in [1.165, 1.54) is 81.1 Å². The van der Waals surface area contributed by atoms with Crippen LogP contribution in [0.3, 0.4) is 0 Å². The summed E-state index contributed by atoms with van der Waals surface area (Å²) in [6.45, 7) is 0. The lowest BCUT2D eigenvalue weighted by Crippen LogP contribution is -2.10. The molecule has 0 aromatic heterocycles. The third-order valence-electron chi connectivity index (χ3n) is 9.69. The van der Waals surface area contributed by atoms with Gasteiger partial charge in [0.2, 0.25) is 0 Å². The maximum Gasteiger partial charge on any atom is 0.0540 e. The molecule has 0 radical (unpaired) electrons. The zero-order valence-electron chi connectivity index (χ0n) is 24.5. The molecule has 10 aromatic rings. The predicted octanol–water partition coefficient (Wildman–Crippen LogP) is 12.7. The summed E-state index contributed by atoms with van der Waals surface area (Å²) in [6, 6.07) is 60.5. The Morgan fingerprint density at radius 1 is 0.267 bits per heavy atom. The molecule has 0 amide bonds. The molecule has 0 saturated carbocycles. The van der Waals surface area contributed by atoms with Crippen LogP contribution in [-0.2, 0) is 0 Å². The molecule has 0 unspecified atom stereocenters. The lowest BCUT2D eigenvalue weighted by molar-refractivity contribution is 1.31. The summed E-state index contributed by atoms with van der Waals surface area (Å²) in [5.74, 6) is 0. The minimum atomic E-state index is 1.14. The van der Waals surface area contributed by atoms with Gasteiger partial charge in [-0.3, -0.25) is 0 Å². The number of hydrogen-bond acceptors (Lipinski definition) is 1. The molecule has 45 heavy (non-hydrogen) atoms. The fraction of sp³-hybridized carbons (Fsp3) is 0. The van der Waals surface area contributed by atoms with Crippen LogP contribution >= 0.6 is 0 Å². The van der Waals surface area contributed by atoms with Crippen LogP contribution in [0.1, 0.15) is 0 Å². The highest BCUT2D eigenvalue weighted by Crippen LogP contribution is 2.46. The molecule has 10 rings (SSSR count). The van der Waals surface area contributed by atoms with Gasteiger partial charge in [-0.15, -0.1) is 0 Å². The number of anilines is 3. The van der Waals surface area contributed by atoms with E-state index in [9.17, 15) is 0 Å². The van der Waals surface area contributed by atoms with Crippen molar-refractivity contribution in [2.75, 3.05) is 4.90 Å². The van der Waals surface area contributed by atoms with Gasteiger partial charge in [-0.05, 0) is 100 Å². The Bertz CT molecular complexity index is 2750. The second-order valence-corrected chi connectivity index (χ2v) is 12.1. The number of para-hydroxylation sites is 1. The van der Waals surface area contributed by atoms with Gasteiger partial charge in [0, 0.05) is 16.8 Å². The van der Waals surface area contributed by atoms with Gasteiger partial charge in [0.15, 0.2) is 0 Å². The molecule has 10 aromatic carbocycles. The van der Waals surface area contributed by atoms with Crippen LogP contribution in [0, 0.1) is 0 Å². The van der Waals surface area contributed by atoms with Crippen molar-refractivity contribution in [2.45, 2.75) is 0 Å². The Labute approximate surface area is 260 Å². The minimum Gasteiger partial charge on any atom is -0.310 e. The van der Waals surface area contributed by atoms with Crippen LogP contribution in [0.5, 0.6) is 0 Å². The van der Waals surface area contributed by atoms with E-state index in [4.69, 9.17) is 0 Å². The molecular formula is C44H27N. The normalized spacial score (nSPS) is 12.0. The van der Waals surface area contributed by atoms with Gasteiger partial charge in [-0.25, -0.2) is 0 Å². The summed E-state index contributed by atoms with van der Waals surface area (Å²) in [6.07, 6.45) is 0. The summed E-state index contributed by atoms with van der Waals surface area (Å²) in [4.78, 5) is 2.43. The van der Waals surface area contributed by atoms with Gasteiger partial charge in [-0.1, -0.05) is 133 Å². The van der Waals surface area contributed by atoms with Crippen LogP contribution in [-0.4, -0.2) is 0 Å². The van der Waals surface area contributed by atoms with Gasteiger partial charge < -0.3 is 4.90 Å². The molecule has 0 N–H and O–H groups in total. The topological polar surface area (TPSA) is 3.24 Å². The Hall–Kier alpha value is -5.92. The lowest BCUT2D eigenvalue weighted by Gasteiger charge is -2.28. The van der Waals surface area contributed by atoms with Crippen LogP contribution in [0.4, 0.5) is 17.1 Å². The Morgan fingerprint density at radius 3 is 1.40 bits per heavy atom. The predicted molar refractivity (Wildman–Crippen MR) is 195 cm³/mol. The second kappa shape index (κ2) is 9.29. The van der Waals surface area contributed by atoms with E-state index < -0.39 is 0 Å². The average Bonchev–Trinajstić information content (AvgIpc) is 3.10. The van der Waals surface area contributed by atoms with Crippen molar-refractivity contribution in [3.8, 4) is 0 Å². The quantitative estimate of drug-likeness (QED) is 0.191. The van der Waals surface area contributed by atoms with E-state index in [0.717, 1.165) is 11.4 Å². The molecule has 1 heteroatoms. The number of nitrogens with zero attached hydrogens (tertiary/aromatic N) is 1. The van der Waals surface area contributed by atoms with E-state index in [0.29, 0.717) is 0 Å². The molecule has 0 spiro atoms. The van der Waals surface area contributed by atoms with E-state index in [1.807, 2.05) is 0 Å². The summed E-state index contributed by atoms with van der Waals surface area (Å²) >= 11 is 0. The highest BCUT2D eigenvalue weighted by Gasteiger charge is 2.20. The van der Waals surface area contributed by atoms with Crippen LogP contribution < -0.4 is 4.90 Å². The molecule has 0 aliphatic rings. The van der Waals surface area contributed by atoms with Gasteiger partial charge in [0.1, 0.15) is 0 Å². The zero-order valence-corrected chi connectivity index (χ0v) is 24.5. The van der Waals surface area contributed by atoms with E-state index in [1.54, 1.807) is 0 Å². The zero-order chi connectivity index (χ0) is 29.5. The molecule has 0 bridgehead atoms. The average molecular weight is 570 g/mol. The smallest absolute Gasteiger partial charge is 0.0540 e. The summed E-state index contributed by atoms with van der Waals surface area (Å²) in [7, 11) is 0. The summed E-state index contributed by atoms with van der Waals surface area (Å²) in [5.41, 5.74) is 3.46. The van der Waals surface area contributed by atoms with Crippen LogP contribution in [0.25, 0.3) is 75.4 Å². The maximum atomic E-state index is 2.44. The Morgan fingerprint density at radius 2 is 0.733 bits per heavy atom. The fourth-order valence-corrected chi connectivity index (χ4v) is 7.80. The first kappa shape index (κ1) is 24.5. The highest BCUT2D eigenvalue weighted by molar-refractivity contribution is 6.37. The molecule has 0 saturated heterocycles. The molecule has 0 fully saturated rings. The summed E-state index contributed by atoms with van der Waals surface area (Å²) in [5, 5.41) is 18.0. The van der Waals surface area contributed by atoms with Crippen molar-refractivity contribution in [3.05, 3.63) is 164 Å². The Balaban J connectivity index is 1.45. The molecule has 1 nitrogen and oxygen atoms in total. The number of fused-ring (bicyclic) bond motifs is 3. The summed E-state index contributed by atoms with van der Waals surface area (Å²) < 4.78 is 0. The van der Waals surface area contributed by atoms with Gasteiger partial charge in [0.05, 0.1) is 5.69 Å². The van der Waals surface area contributed by atoms with Gasteiger partial charge >= 0.3 is 0 Å². The number of hydrogen-bond donors (Lipinski definition) is 0. The number of rotatable bonds is 3. The van der Waals surface area contributed by atoms with Crippen LogP contribution in [0.15, 0.2) is 164 Å². The van der Waals surface area contributed by atoms with E-state index in [-0.39, 0.29) is 0 Å². The third kappa shape index (κ3) is 3.50. The molecule has 0 aliphatic carbocycles. The highest BCUT2D eigenvalue weighted by atomic mass is 15.1. The second-order valence-electron chi connectivity index (χ2n) is 12.1. The number of benzene rings is 9. The molecule has 0 heterocycles. The first-order chi connectivity index (χ1) is 22.3. The minimum absolute atomic E-state index is 1.14. The van der Waals surface area contributed by atoms with Crippen molar-refractivity contribution >= 4 is 92.5 Å². The SMILES string of the molecule is c1ccc(N(c2cc3ccc4cccc5c6cccc7ccc8cccc(c(c2)c3c45)c8c76)c2cccc3ccccc23)cc1. The van der Waals surface area contributed by atoms with E-state index >= 15 is 0 Å². The van der Waals surface area contributed by atoms with Crippen molar-refractivity contribution < 1.29 is 0 Å². The molecular weight excluding hydrogens is 542 g/mol. The molecule has 0 aliphatic heterocycles. The third-order valence-corrected chi connectivity index (χ3v) is 9.69. The largest absolute Gasteiger partial charge is 0.310 e. The van der Waals surface area contributed by atoms with E-state index in [2.05, 4.69) is 169 Å². The Kier molecular flexibility index (Phi) is 5.06. The molecule has 0 atom stereocenters.